The Bertz CT molecular complexity index is 419. The fourth-order valence-corrected chi connectivity index (χ4v) is 1.90. The first-order valence-electron chi connectivity index (χ1n) is 5.30. The molecule has 2 rings (SSSR count). The van der Waals surface area contributed by atoms with E-state index in [9.17, 15) is 4.79 Å². The van der Waals surface area contributed by atoms with Gasteiger partial charge >= 0.3 is 6.09 Å². The first-order valence-corrected chi connectivity index (χ1v) is 5.30. The Hall–Kier alpha value is -1.55. The number of ether oxygens (including phenoxy) is 1. The van der Waals surface area contributed by atoms with Gasteiger partial charge < -0.3 is 10.5 Å². The second kappa shape index (κ2) is 3.79. The molecule has 0 aromatic heterocycles. The highest BCUT2D eigenvalue weighted by atomic mass is 16.6. The van der Waals surface area contributed by atoms with Crippen LogP contribution in [0.25, 0.3) is 0 Å². The highest BCUT2D eigenvalue weighted by molar-refractivity contribution is 5.91. The number of carbonyl (C=O) groups is 1. The summed E-state index contributed by atoms with van der Waals surface area (Å²) in [5, 5.41) is 0. The molecule has 1 unspecified atom stereocenters. The van der Waals surface area contributed by atoms with Crippen LogP contribution in [0, 0.1) is 6.92 Å². The maximum atomic E-state index is 11.7. The van der Waals surface area contributed by atoms with Gasteiger partial charge in [0.25, 0.3) is 0 Å². The Morgan fingerprint density at radius 1 is 1.56 bits per heavy atom. The number of amides is 1. The van der Waals surface area contributed by atoms with Crippen LogP contribution in [-0.2, 0) is 4.74 Å². The summed E-state index contributed by atoms with van der Waals surface area (Å²) in [5.74, 6) is 0. The van der Waals surface area contributed by atoms with Gasteiger partial charge in [0.1, 0.15) is 6.61 Å². The van der Waals surface area contributed by atoms with Gasteiger partial charge in [-0.2, -0.15) is 0 Å². The third-order valence-corrected chi connectivity index (χ3v) is 2.93. The number of carbonyl (C=O) groups excluding carboxylic acids is 1. The van der Waals surface area contributed by atoms with E-state index >= 15 is 0 Å². The maximum Gasteiger partial charge on any atom is 0.415 e. The van der Waals surface area contributed by atoms with Gasteiger partial charge in [-0.3, -0.25) is 4.90 Å². The fraction of sp³-hybridized carbons (Fsp3) is 0.417. The smallest absolute Gasteiger partial charge is 0.415 e. The van der Waals surface area contributed by atoms with Crippen LogP contribution in [0.1, 0.15) is 12.5 Å². The molecule has 1 aromatic rings. The van der Waals surface area contributed by atoms with Crippen molar-refractivity contribution in [2.45, 2.75) is 19.4 Å². The summed E-state index contributed by atoms with van der Waals surface area (Å²) in [7, 11) is 0. The van der Waals surface area contributed by atoms with E-state index < -0.39 is 5.54 Å². The predicted octanol–water partition coefficient (Wildman–Crippen LogP) is 1.67. The first kappa shape index (κ1) is 11.0. The second-order valence-corrected chi connectivity index (χ2v) is 4.43. The average Bonchev–Trinajstić information content (AvgIpc) is 2.56. The van der Waals surface area contributed by atoms with Crippen molar-refractivity contribution in [1.29, 1.82) is 0 Å². The Balaban J connectivity index is 2.41. The third-order valence-electron chi connectivity index (χ3n) is 2.93. The van der Waals surface area contributed by atoms with Crippen molar-refractivity contribution in [3.8, 4) is 0 Å². The Kier molecular flexibility index (Phi) is 2.59. The minimum Gasteiger partial charge on any atom is -0.447 e. The van der Waals surface area contributed by atoms with Gasteiger partial charge in [-0.05, 0) is 31.5 Å². The van der Waals surface area contributed by atoms with Gasteiger partial charge in [-0.1, -0.05) is 12.1 Å². The van der Waals surface area contributed by atoms with Crippen LogP contribution in [0.2, 0.25) is 0 Å². The molecule has 1 fully saturated rings. The van der Waals surface area contributed by atoms with E-state index in [0.717, 1.165) is 11.3 Å². The van der Waals surface area contributed by atoms with E-state index in [0.29, 0.717) is 13.2 Å². The number of rotatable bonds is 2. The molecule has 1 saturated heterocycles. The summed E-state index contributed by atoms with van der Waals surface area (Å²) in [6, 6.07) is 7.77. The lowest BCUT2D eigenvalue weighted by Crippen LogP contribution is -2.50. The van der Waals surface area contributed by atoms with Crippen LogP contribution in [-0.4, -0.2) is 24.8 Å². The van der Waals surface area contributed by atoms with Crippen molar-refractivity contribution in [3.05, 3.63) is 29.8 Å². The van der Waals surface area contributed by atoms with Gasteiger partial charge in [0, 0.05) is 12.2 Å². The topological polar surface area (TPSA) is 55.6 Å². The second-order valence-electron chi connectivity index (χ2n) is 4.43. The molecule has 16 heavy (non-hydrogen) atoms. The SMILES string of the molecule is Cc1cccc(N2C(=O)OCC2(C)CN)c1. The summed E-state index contributed by atoms with van der Waals surface area (Å²) in [6.45, 7) is 4.65. The average molecular weight is 220 g/mol. The largest absolute Gasteiger partial charge is 0.447 e. The Morgan fingerprint density at radius 3 is 2.94 bits per heavy atom. The lowest BCUT2D eigenvalue weighted by Gasteiger charge is -2.30. The number of benzene rings is 1. The third kappa shape index (κ3) is 1.65. The maximum absolute atomic E-state index is 11.7. The Morgan fingerprint density at radius 2 is 2.31 bits per heavy atom. The molecule has 86 valence electrons. The monoisotopic (exact) mass is 220 g/mol. The van der Waals surface area contributed by atoms with Gasteiger partial charge in [0.15, 0.2) is 0 Å². The molecule has 4 nitrogen and oxygen atoms in total. The zero-order valence-corrected chi connectivity index (χ0v) is 9.56. The molecule has 2 N–H and O–H groups in total. The van der Waals surface area contributed by atoms with Crippen LogP contribution in [0.4, 0.5) is 10.5 Å². The molecule has 0 radical (unpaired) electrons. The molecule has 1 amide bonds. The standard InChI is InChI=1S/C12H16N2O2/c1-9-4-3-5-10(6-9)14-11(15)16-8-12(14,2)7-13/h3-6H,7-8,13H2,1-2H3. The number of nitrogens with two attached hydrogens (primary N) is 1. The number of cyclic esters (lactones) is 1. The van der Waals surface area contributed by atoms with Gasteiger partial charge in [-0.15, -0.1) is 0 Å². The molecule has 0 aliphatic carbocycles. The van der Waals surface area contributed by atoms with E-state index in [-0.39, 0.29) is 6.09 Å². The molecule has 1 atom stereocenters. The van der Waals surface area contributed by atoms with Crippen LogP contribution >= 0.6 is 0 Å². The van der Waals surface area contributed by atoms with Crippen molar-refractivity contribution >= 4 is 11.8 Å². The van der Waals surface area contributed by atoms with Crippen LogP contribution in [0.5, 0.6) is 0 Å². The molecule has 4 heteroatoms. The molecule has 1 heterocycles. The van der Waals surface area contributed by atoms with E-state index in [1.54, 1.807) is 4.90 Å². The molecule has 1 aromatic carbocycles. The molecule has 1 aliphatic heterocycles. The normalized spacial score (nSPS) is 24.7. The molecule has 0 spiro atoms. The highest BCUT2D eigenvalue weighted by Gasteiger charge is 2.43. The molecule has 0 bridgehead atoms. The van der Waals surface area contributed by atoms with Crippen molar-refractivity contribution in [2.24, 2.45) is 5.73 Å². The first-order chi connectivity index (χ1) is 7.57. The zero-order chi connectivity index (χ0) is 11.8. The molecule has 0 saturated carbocycles. The van der Waals surface area contributed by atoms with Crippen molar-refractivity contribution in [2.75, 3.05) is 18.1 Å². The quantitative estimate of drug-likeness (QED) is 0.824. The fourth-order valence-electron chi connectivity index (χ4n) is 1.90. The number of anilines is 1. The lowest BCUT2D eigenvalue weighted by atomic mass is 10.0. The number of nitrogens with zero attached hydrogens (tertiary/aromatic N) is 1. The van der Waals surface area contributed by atoms with E-state index in [1.165, 1.54) is 0 Å². The van der Waals surface area contributed by atoms with Crippen LogP contribution in [0.3, 0.4) is 0 Å². The number of hydrogen-bond donors (Lipinski definition) is 1. The molecule has 1 aliphatic rings. The predicted molar refractivity (Wildman–Crippen MR) is 62.5 cm³/mol. The summed E-state index contributed by atoms with van der Waals surface area (Å²) in [6.07, 6.45) is -0.321. The van der Waals surface area contributed by atoms with Crippen LogP contribution < -0.4 is 10.6 Å². The van der Waals surface area contributed by atoms with Gasteiger partial charge in [-0.25, -0.2) is 4.79 Å². The number of aryl methyl sites for hydroxylation is 1. The van der Waals surface area contributed by atoms with E-state index in [2.05, 4.69) is 0 Å². The van der Waals surface area contributed by atoms with E-state index in [4.69, 9.17) is 10.5 Å². The molecular formula is C12H16N2O2. The zero-order valence-electron chi connectivity index (χ0n) is 9.56. The molecular weight excluding hydrogens is 204 g/mol. The summed E-state index contributed by atoms with van der Waals surface area (Å²) >= 11 is 0. The van der Waals surface area contributed by atoms with E-state index in [1.807, 2.05) is 38.1 Å². The highest BCUT2D eigenvalue weighted by Crippen LogP contribution is 2.30. The van der Waals surface area contributed by atoms with Crippen molar-refractivity contribution in [1.82, 2.24) is 0 Å². The van der Waals surface area contributed by atoms with Gasteiger partial charge in [0.2, 0.25) is 0 Å². The van der Waals surface area contributed by atoms with Crippen molar-refractivity contribution in [3.63, 3.8) is 0 Å². The summed E-state index contributed by atoms with van der Waals surface area (Å²) < 4.78 is 5.07. The Labute approximate surface area is 95.0 Å². The minimum atomic E-state index is -0.440. The lowest BCUT2D eigenvalue weighted by molar-refractivity contribution is 0.174. The summed E-state index contributed by atoms with van der Waals surface area (Å²) in [4.78, 5) is 13.3. The van der Waals surface area contributed by atoms with Crippen molar-refractivity contribution < 1.29 is 9.53 Å². The van der Waals surface area contributed by atoms with Gasteiger partial charge in [0.05, 0.1) is 5.54 Å². The minimum absolute atomic E-state index is 0.321. The van der Waals surface area contributed by atoms with Crippen LogP contribution in [0.15, 0.2) is 24.3 Å². The summed E-state index contributed by atoms with van der Waals surface area (Å²) in [5.41, 5.74) is 7.23. The number of hydrogen-bond acceptors (Lipinski definition) is 3.